The van der Waals surface area contributed by atoms with Crippen molar-refractivity contribution in [3.63, 3.8) is 0 Å². The van der Waals surface area contributed by atoms with Crippen LogP contribution in [0.25, 0.3) is 0 Å². The Labute approximate surface area is 150 Å². The molecule has 1 heterocycles. The van der Waals surface area contributed by atoms with Crippen LogP contribution < -0.4 is 5.32 Å². The Morgan fingerprint density at radius 2 is 2.24 bits per heavy atom. The molecule has 0 aliphatic heterocycles. The SMILES string of the molecule is CCNC(=NCC1CCC1)N(C)Cc1cc(Cl)cn1C.I. The molecule has 2 rings (SSSR count). The molecule has 0 bridgehead atoms. The predicted octanol–water partition coefficient (Wildman–Crippen LogP) is 3.49. The van der Waals surface area contributed by atoms with Crippen molar-refractivity contribution in [2.24, 2.45) is 18.0 Å². The van der Waals surface area contributed by atoms with E-state index in [1.807, 2.05) is 19.3 Å². The summed E-state index contributed by atoms with van der Waals surface area (Å²) in [6.45, 7) is 4.74. The van der Waals surface area contributed by atoms with Gasteiger partial charge in [0, 0.05) is 39.1 Å². The first-order valence-electron chi connectivity index (χ1n) is 7.40. The van der Waals surface area contributed by atoms with Crippen molar-refractivity contribution in [3.05, 3.63) is 23.0 Å². The van der Waals surface area contributed by atoms with Gasteiger partial charge in [-0.25, -0.2) is 0 Å². The van der Waals surface area contributed by atoms with Crippen molar-refractivity contribution in [1.82, 2.24) is 14.8 Å². The summed E-state index contributed by atoms with van der Waals surface area (Å²) in [6.07, 6.45) is 5.97. The highest BCUT2D eigenvalue weighted by Gasteiger charge is 2.17. The van der Waals surface area contributed by atoms with Gasteiger partial charge in [-0.1, -0.05) is 18.0 Å². The Kier molecular flexibility index (Phi) is 7.87. The van der Waals surface area contributed by atoms with Crippen molar-refractivity contribution >= 4 is 41.5 Å². The number of nitrogens with one attached hydrogen (secondary N) is 1. The number of nitrogens with zero attached hydrogens (tertiary/aromatic N) is 3. The minimum absolute atomic E-state index is 0. The highest BCUT2D eigenvalue weighted by Crippen LogP contribution is 2.26. The van der Waals surface area contributed by atoms with Crippen LogP contribution in [0.15, 0.2) is 17.3 Å². The number of hydrogen-bond donors (Lipinski definition) is 1. The van der Waals surface area contributed by atoms with Crippen LogP contribution in [0, 0.1) is 5.92 Å². The molecule has 0 unspecified atom stereocenters. The number of aryl methyl sites for hydroxylation is 1. The van der Waals surface area contributed by atoms with E-state index in [9.17, 15) is 0 Å². The van der Waals surface area contributed by atoms with E-state index in [4.69, 9.17) is 16.6 Å². The van der Waals surface area contributed by atoms with Crippen LogP contribution >= 0.6 is 35.6 Å². The van der Waals surface area contributed by atoms with Gasteiger partial charge >= 0.3 is 0 Å². The van der Waals surface area contributed by atoms with Crippen molar-refractivity contribution in [1.29, 1.82) is 0 Å². The van der Waals surface area contributed by atoms with Crippen molar-refractivity contribution in [2.75, 3.05) is 20.1 Å². The molecule has 1 aliphatic rings. The van der Waals surface area contributed by atoms with E-state index in [2.05, 4.69) is 28.8 Å². The summed E-state index contributed by atoms with van der Waals surface area (Å²) < 4.78 is 2.06. The molecule has 120 valence electrons. The fraction of sp³-hybridized carbons (Fsp3) is 0.667. The number of guanidine groups is 1. The van der Waals surface area contributed by atoms with Gasteiger partial charge in [0.15, 0.2) is 5.96 Å². The molecule has 1 saturated carbocycles. The molecule has 1 aliphatic carbocycles. The normalized spacial score (nSPS) is 15.3. The molecule has 0 aromatic carbocycles. The topological polar surface area (TPSA) is 32.6 Å². The van der Waals surface area contributed by atoms with E-state index >= 15 is 0 Å². The average Bonchev–Trinajstić information content (AvgIpc) is 2.64. The van der Waals surface area contributed by atoms with Gasteiger partial charge in [-0.3, -0.25) is 4.99 Å². The molecule has 1 aromatic heterocycles. The molecular weight excluding hydrogens is 399 g/mol. The Morgan fingerprint density at radius 1 is 1.52 bits per heavy atom. The zero-order valence-corrected chi connectivity index (χ0v) is 16.2. The molecule has 0 amide bonds. The summed E-state index contributed by atoms with van der Waals surface area (Å²) >= 11 is 6.03. The summed E-state index contributed by atoms with van der Waals surface area (Å²) in [4.78, 5) is 6.92. The van der Waals surface area contributed by atoms with Crippen LogP contribution in [0.3, 0.4) is 0 Å². The smallest absolute Gasteiger partial charge is 0.194 e. The third-order valence-electron chi connectivity index (χ3n) is 3.89. The number of hydrogen-bond acceptors (Lipinski definition) is 1. The monoisotopic (exact) mass is 424 g/mol. The van der Waals surface area contributed by atoms with Crippen LogP contribution in [-0.2, 0) is 13.6 Å². The fourth-order valence-corrected chi connectivity index (χ4v) is 2.67. The lowest BCUT2D eigenvalue weighted by Gasteiger charge is -2.26. The molecule has 1 N–H and O–H groups in total. The average molecular weight is 425 g/mol. The number of rotatable bonds is 5. The number of halogens is 2. The van der Waals surface area contributed by atoms with Gasteiger partial charge in [0.2, 0.25) is 0 Å². The van der Waals surface area contributed by atoms with Gasteiger partial charge in [-0.05, 0) is 31.7 Å². The van der Waals surface area contributed by atoms with Crippen LogP contribution in [0.4, 0.5) is 0 Å². The molecule has 21 heavy (non-hydrogen) atoms. The fourth-order valence-electron chi connectivity index (χ4n) is 2.40. The third-order valence-corrected chi connectivity index (χ3v) is 4.10. The van der Waals surface area contributed by atoms with Crippen LogP contribution in [-0.4, -0.2) is 35.6 Å². The maximum atomic E-state index is 6.03. The van der Waals surface area contributed by atoms with Crippen molar-refractivity contribution in [3.8, 4) is 0 Å². The number of aromatic nitrogens is 1. The molecule has 4 nitrogen and oxygen atoms in total. The van der Waals surface area contributed by atoms with Gasteiger partial charge in [0.1, 0.15) is 0 Å². The van der Waals surface area contributed by atoms with E-state index in [1.165, 1.54) is 25.0 Å². The zero-order valence-electron chi connectivity index (χ0n) is 13.1. The second-order valence-corrected chi connectivity index (χ2v) is 6.04. The van der Waals surface area contributed by atoms with Crippen LogP contribution in [0.1, 0.15) is 31.9 Å². The first-order valence-corrected chi connectivity index (χ1v) is 7.78. The number of aliphatic imine (C=N–C) groups is 1. The standard InChI is InChI=1S/C15H25ClN4.HI/c1-4-17-15(18-9-12-6-5-7-12)20(3)11-14-8-13(16)10-19(14)2;/h8,10,12H,4-7,9,11H2,1-3H3,(H,17,18);1H. The Balaban J connectivity index is 0.00000220. The second-order valence-electron chi connectivity index (χ2n) is 5.61. The summed E-state index contributed by atoms with van der Waals surface area (Å²) in [5.74, 6) is 1.78. The predicted molar refractivity (Wildman–Crippen MR) is 101 cm³/mol. The zero-order chi connectivity index (χ0) is 14.5. The minimum atomic E-state index is 0. The van der Waals surface area contributed by atoms with E-state index in [0.29, 0.717) is 0 Å². The van der Waals surface area contributed by atoms with Gasteiger partial charge in [0.05, 0.1) is 11.6 Å². The summed E-state index contributed by atoms with van der Waals surface area (Å²) in [5.41, 5.74) is 1.19. The van der Waals surface area contributed by atoms with Crippen LogP contribution in [0.2, 0.25) is 5.02 Å². The molecule has 1 aromatic rings. The molecule has 0 saturated heterocycles. The Bertz CT molecular complexity index is 468. The van der Waals surface area contributed by atoms with E-state index in [-0.39, 0.29) is 24.0 Å². The van der Waals surface area contributed by atoms with Crippen molar-refractivity contribution in [2.45, 2.75) is 32.7 Å². The lowest BCUT2D eigenvalue weighted by molar-refractivity contribution is 0.323. The first kappa shape index (κ1) is 18.6. The van der Waals surface area contributed by atoms with Gasteiger partial charge in [-0.2, -0.15) is 0 Å². The highest BCUT2D eigenvalue weighted by molar-refractivity contribution is 14.0. The van der Waals surface area contributed by atoms with Gasteiger partial charge < -0.3 is 14.8 Å². The van der Waals surface area contributed by atoms with E-state index in [1.54, 1.807) is 0 Å². The van der Waals surface area contributed by atoms with Crippen LogP contribution in [0.5, 0.6) is 0 Å². The Morgan fingerprint density at radius 3 is 2.71 bits per heavy atom. The van der Waals surface area contributed by atoms with E-state index in [0.717, 1.165) is 36.5 Å². The van der Waals surface area contributed by atoms with Gasteiger partial charge in [-0.15, -0.1) is 24.0 Å². The molecule has 1 fully saturated rings. The summed E-state index contributed by atoms with van der Waals surface area (Å²) in [5, 5.41) is 4.15. The van der Waals surface area contributed by atoms with Gasteiger partial charge in [0.25, 0.3) is 0 Å². The molecule has 0 atom stereocenters. The molecule has 0 spiro atoms. The molecular formula is C15H26ClIN4. The third kappa shape index (κ3) is 5.36. The lowest BCUT2D eigenvalue weighted by Crippen LogP contribution is -2.39. The maximum Gasteiger partial charge on any atom is 0.194 e. The summed E-state index contributed by atoms with van der Waals surface area (Å²) in [6, 6.07) is 2.01. The molecule has 0 radical (unpaired) electrons. The highest BCUT2D eigenvalue weighted by atomic mass is 127. The second kappa shape index (κ2) is 8.88. The lowest BCUT2D eigenvalue weighted by atomic mass is 9.86. The quantitative estimate of drug-likeness (QED) is 0.446. The minimum Gasteiger partial charge on any atom is -0.357 e. The summed E-state index contributed by atoms with van der Waals surface area (Å²) in [7, 11) is 4.09. The first-order chi connectivity index (χ1) is 9.60. The Hall–Kier alpha value is -0.430. The largest absolute Gasteiger partial charge is 0.357 e. The van der Waals surface area contributed by atoms with E-state index < -0.39 is 0 Å². The maximum absolute atomic E-state index is 6.03. The molecule has 6 heteroatoms. The van der Waals surface area contributed by atoms with Crippen molar-refractivity contribution < 1.29 is 0 Å².